The SMILES string of the molecule is Cc1nc(NC(=O)c2cc(Cl)ccn2)sc1C. The largest absolute Gasteiger partial charge is 0.296 e. The van der Waals surface area contributed by atoms with Crippen LogP contribution in [-0.4, -0.2) is 15.9 Å². The molecule has 0 saturated heterocycles. The van der Waals surface area contributed by atoms with Crippen molar-refractivity contribution < 1.29 is 4.79 Å². The predicted octanol–water partition coefficient (Wildman–Crippen LogP) is 3.06. The van der Waals surface area contributed by atoms with E-state index in [0.29, 0.717) is 10.2 Å². The van der Waals surface area contributed by atoms with E-state index in [2.05, 4.69) is 15.3 Å². The summed E-state index contributed by atoms with van der Waals surface area (Å²) in [7, 11) is 0. The van der Waals surface area contributed by atoms with Crippen molar-refractivity contribution in [2.75, 3.05) is 5.32 Å². The van der Waals surface area contributed by atoms with Crippen molar-refractivity contribution in [2.45, 2.75) is 13.8 Å². The average molecular weight is 268 g/mol. The van der Waals surface area contributed by atoms with Gasteiger partial charge < -0.3 is 0 Å². The van der Waals surface area contributed by atoms with E-state index in [-0.39, 0.29) is 11.6 Å². The lowest BCUT2D eigenvalue weighted by atomic mass is 10.3. The zero-order chi connectivity index (χ0) is 12.4. The normalized spacial score (nSPS) is 10.3. The molecule has 1 N–H and O–H groups in total. The number of aromatic nitrogens is 2. The summed E-state index contributed by atoms with van der Waals surface area (Å²) in [5.74, 6) is -0.304. The molecule has 0 bridgehead atoms. The van der Waals surface area contributed by atoms with Crippen molar-refractivity contribution in [3.8, 4) is 0 Å². The van der Waals surface area contributed by atoms with Gasteiger partial charge in [-0.25, -0.2) is 4.98 Å². The Bertz CT molecular complexity index is 548. The number of pyridine rings is 1. The zero-order valence-corrected chi connectivity index (χ0v) is 10.9. The molecule has 6 heteroatoms. The number of hydrogen-bond acceptors (Lipinski definition) is 4. The van der Waals surface area contributed by atoms with Crippen molar-refractivity contribution >= 4 is 34.0 Å². The van der Waals surface area contributed by atoms with Crippen LogP contribution in [0, 0.1) is 13.8 Å². The minimum atomic E-state index is -0.304. The number of carbonyl (C=O) groups excluding carboxylic acids is 1. The van der Waals surface area contributed by atoms with Crippen LogP contribution in [0.4, 0.5) is 5.13 Å². The Morgan fingerprint density at radius 2 is 2.24 bits per heavy atom. The molecule has 2 aromatic heterocycles. The lowest BCUT2D eigenvalue weighted by Gasteiger charge is -2.00. The fraction of sp³-hybridized carbons (Fsp3) is 0.182. The third-order valence-electron chi connectivity index (χ3n) is 2.20. The highest BCUT2D eigenvalue weighted by Gasteiger charge is 2.11. The maximum absolute atomic E-state index is 11.8. The fourth-order valence-corrected chi connectivity index (χ4v) is 2.19. The minimum Gasteiger partial charge on any atom is -0.296 e. The Balaban J connectivity index is 2.17. The van der Waals surface area contributed by atoms with E-state index in [9.17, 15) is 4.79 Å². The molecule has 0 saturated carbocycles. The first-order valence-electron chi connectivity index (χ1n) is 4.93. The van der Waals surface area contributed by atoms with Crippen LogP contribution in [0.5, 0.6) is 0 Å². The molecule has 0 radical (unpaired) electrons. The molecule has 0 spiro atoms. The molecule has 0 aliphatic heterocycles. The van der Waals surface area contributed by atoms with Gasteiger partial charge in [-0.3, -0.25) is 15.1 Å². The third-order valence-corrected chi connectivity index (χ3v) is 3.43. The molecule has 88 valence electrons. The lowest BCUT2D eigenvalue weighted by Crippen LogP contribution is -2.13. The van der Waals surface area contributed by atoms with Gasteiger partial charge >= 0.3 is 0 Å². The highest BCUT2D eigenvalue weighted by molar-refractivity contribution is 7.15. The van der Waals surface area contributed by atoms with E-state index < -0.39 is 0 Å². The van der Waals surface area contributed by atoms with Crippen LogP contribution in [-0.2, 0) is 0 Å². The third kappa shape index (κ3) is 2.81. The maximum Gasteiger partial charge on any atom is 0.276 e. The van der Waals surface area contributed by atoms with Crippen molar-refractivity contribution in [1.29, 1.82) is 0 Å². The number of rotatable bonds is 2. The molecule has 2 heterocycles. The summed E-state index contributed by atoms with van der Waals surface area (Å²) in [6, 6.07) is 3.14. The molecule has 4 nitrogen and oxygen atoms in total. The molecule has 0 unspecified atom stereocenters. The van der Waals surface area contributed by atoms with Gasteiger partial charge in [0.1, 0.15) is 5.69 Å². The van der Waals surface area contributed by atoms with Crippen LogP contribution >= 0.6 is 22.9 Å². The zero-order valence-electron chi connectivity index (χ0n) is 9.32. The van der Waals surface area contributed by atoms with Gasteiger partial charge in [-0.1, -0.05) is 11.6 Å². The van der Waals surface area contributed by atoms with Crippen molar-refractivity contribution in [1.82, 2.24) is 9.97 Å². The van der Waals surface area contributed by atoms with Crippen molar-refractivity contribution in [3.63, 3.8) is 0 Å². The van der Waals surface area contributed by atoms with Gasteiger partial charge in [-0.2, -0.15) is 0 Å². The number of aryl methyl sites for hydroxylation is 2. The monoisotopic (exact) mass is 267 g/mol. The van der Waals surface area contributed by atoms with Crippen LogP contribution in [0.3, 0.4) is 0 Å². The highest BCUT2D eigenvalue weighted by atomic mass is 35.5. The van der Waals surface area contributed by atoms with Gasteiger partial charge in [0.2, 0.25) is 0 Å². The number of thiazole rings is 1. The van der Waals surface area contributed by atoms with Crippen LogP contribution in [0.1, 0.15) is 21.1 Å². The second-order valence-corrected chi connectivity index (χ2v) is 5.11. The summed E-state index contributed by atoms with van der Waals surface area (Å²) in [5.41, 5.74) is 1.20. The maximum atomic E-state index is 11.8. The Kier molecular flexibility index (Phi) is 3.40. The molecule has 2 rings (SSSR count). The van der Waals surface area contributed by atoms with E-state index in [1.807, 2.05) is 13.8 Å². The number of carbonyl (C=O) groups is 1. The molecular formula is C11H10ClN3OS. The van der Waals surface area contributed by atoms with E-state index in [0.717, 1.165) is 10.6 Å². The van der Waals surface area contributed by atoms with E-state index in [4.69, 9.17) is 11.6 Å². The first-order valence-corrected chi connectivity index (χ1v) is 6.12. The number of nitrogens with zero attached hydrogens (tertiary/aromatic N) is 2. The van der Waals surface area contributed by atoms with Gasteiger partial charge in [0.25, 0.3) is 5.91 Å². The van der Waals surface area contributed by atoms with Crippen LogP contribution < -0.4 is 5.32 Å². The van der Waals surface area contributed by atoms with Gasteiger partial charge in [0, 0.05) is 16.1 Å². The molecule has 2 aromatic rings. The summed E-state index contributed by atoms with van der Waals surface area (Å²) in [4.78, 5) is 21.1. The topological polar surface area (TPSA) is 54.9 Å². The van der Waals surface area contributed by atoms with Crippen molar-refractivity contribution in [3.05, 3.63) is 39.6 Å². The fourth-order valence-electron chi connectivity index (χ4n) is 1.22. The summed E-state index contributed by atoms with van der Waals surface area (Å²) in [6.45, 7) is 3.86. The van der Waals surface area contributed by atoms with Gasteiger partial charge in [0.15, 0.2) is 5.13 Å². The first kappa shape index (κ1) is 12.0. The number of amides is 1. The Morgan fingerprint density at radius 3 is 2.82 bits per heavy atom. The standard InChI is InChI=1S/C11H10ClN3OS/c1-6-7(2)17-11(14-6)15-10(16)9-5-8(12)3-4-13-9/h3-5H,1-2H3,(H,14,15,16). The molecule has 0 atom stereocenters. The molecule has 1 amide bonds. The number of halogens is 1. The second-order valence-electron chi connectivity index (χ2n) is 3.47. The van der Waals surface area contributed by atoms with E-state index >= 15 is 0 Å². The Hall–Kier alpha value is -1.46. The summed E-state index contributed by atoms with van der Waals surface area (Å²) < 4.78 is 0. The first-order chi connectivity index (χ1) is 8.06. The minimum absolute atomic E-state index is 0.281. The quantitative estimate of drug-likeness (QED) is 0.910. The van der Waals surface area contributed by atoms with Crippen LogP contribution in [0.15, 0.2) is 18.3 Å². The molecule has 0 aromatic carbocycles. The summed E-state index contributed by atoms with van der Waals surface area (Å²) in [6.07, 6.45) is 1.50. The highest BCUT2D eigenvalue weighted by Crippen LogP contribution is 2.21. The predicted molar refractivity (Wildman–Crippen MR) is 68.8 cm³/mol. The molecule has 0 aliphatic rings. The van der Waals surface area contributed by atoms with Gasteiger partial charge in [0.05, 0.1) is 5.69 Å². The Labute approximate surface area is 108 Å². The average Bonchev–Trinajstić information content (AvgIpc) is 2.58. The lowest BCUT2D eigenvalue weighted by molar-refractivity contribution is 0.102. The second kappa shape index (κ2) is 4.81. The van der Waals surface area contributed by atoms with Gasteiger partial charge in [-0.05, 0) is 26.0 Å². The van der Waals surface area contributed by atoms with Gasteiger partial charge in [-0.15, -0.1) is 11.3 Å². The number of nitrogens with one attached hydrogen (secondary N) is 1. The molecule has 0 aliphatic carbocycles. The van der Waals surface area contributed by atoms with E-state index in [1.54, 1.807) is 6.07 Å². The van der Waals surface area contributed by atoms with Crippen LogP contribution in [0.25, 0.3) is 0 Å². The van der Waals surface area contributed by atoms with Crippen LogP contribution in [0.2, 0.25) is 5.02 Å². The van der Waals surface area contributed by atoms with Crippen molar-refractivity contribution in [2.24, 2.45) is 0 Å². The Morgan fingerprint density at radius 1 is 1.47 bits per heavy atom. The van der Waals surface area contributed by atoms with E-state index in [1.165, 1.54) is 23.6 Å². The molecular weight excluding hydrogens is 258 g/mol. The molecule has 17 heavy (non-hydrogen) atoms. The summed E-state index contributed by atoms with van der Waals surface area (Å²) in [5, 5.41) is 3.75. The number of hydrogen-bond donors (Lipinski definition) is 1. The summed E-state index contributed by atoms with van der Waals surface area (Å²) >= 11 is 7.23. The number of anilines is 1. The smallest absolute Gasteiger partial charge is 0.276 e. The molecule has 0 fully saturated rings.